The average molecular weight is 490 g/mol. The first kappa shape index (κ1) is 26.7. The largest absolute Gasteiger partial charge is 0.419 e. The molecular formula is C24H15F9O. The first-order valence-corrected chi connectivity index (χ1v) is 9.46. The Morgan fingerprint density at radius 1 is 0.824 bits per heavy atom. The topological polar surface area (TPSA) is 17.1 Å². The Labute approximate surface area is 188 Å². The number of hydrogen-bond acceptors (Lipinski definition) is 1. The van der Waals surface area contributed by atoms with Crippen molar-refractivity contribution in [1.29, 1.82) is 0 Å². The Morgan fingerprint density at radius 3 is 2.03 bits per heavy atom. The molecule has 34 heavy (non-hydrogen) atoms. The Morgan fingerprint density at radius 2 is 1.50 bits per heavy atom. The van der Waals surface area contributed by atoms with Crippen LogP contribution in [0.25, 0.3) is 11.1 Å². The lowest BCUT2D eigenvalue weighted by atomic mass is 10.0. The average Bonchev–Trinajstić information content (AvgIpc) is 2.76. The second kappa shape index (κ2) is 11.0. The highest BCUT2D eigenvalue weighted by Gasteiger charge is 2.34. The number of aryl methyl sites for hydroxylation is 1. The normalized spacial score (nSPS) is 11.0. The summed E-state index contributed by atoms with van der Waals surface area (Å²) in [4.78, 5) is 10.4. The van der Waals surface area contributed by atoms with E-state index in [0.717, 1.165) is 24.3 Å². The van der Waals surface area contributed by atoms with E-state index in [1.54, 1.807) is 6.08 Å². The maximum absolute atomic E-state index is 13.7. The number of benzene rings is 3. The first-order chi connectivity index (χ1) is 15.9. The van der Waals surface area contributed by atoms with Gasteiger partial charge in [-0.25, -0.2) is 22.0 Å². The summed E-state index contributed by atoms with van der Waals surface area (Å²) in [5.74, 6) is -6.24. The van der Waals surface area contributed by atoms with Crippen LogP contribution in [-0.4, -0.2) is 6.04 Å². The van der Waals surface area contributed by atoms with Crippen LogP contribution in [-0.2, 0) is 12.6 Å². The fourth-order valence-corrected chi connectivity index (χ4v) is 2.80. The van der Waals surface area contributed by atoms with E-state index in [0.29, 0.717) is 31.0 Å². The van der Waals surface area contributed by atoms with E-state index in [9.17, 15) is 44.3 Å². The van der Waals surface area contributed by atoms with Crippen LogP contribution in [0.4, 0.5) is 39.5 Å². The quantitative estimate of drug-likeness (QED) is 0.153. The summed E-state index contributed by atoms with van der Waals surface area (Å²) < 4.78 is 115. The molecule has 1 nitrogen and oxygen atoms in total. The zero-order chi connectivity index (χ0) is 25.6. The summed E-state index contributed by atoms with van der Waals surface area (Å²) in [6, 6.07) is 4.76. The monoisotopic (exact) mass is 490 g/mol. The van der Waals surface area contributed by atoms with Crippen LogP contribution >= 0.6 is 0 Å². The predicted octanol–water partition coefficient (Wildman–Crippen LogP) is 7.98. The Balaban J connectivity index is 0.000000270. The van der Waals surface area contributed by atoms with Crippen LogP contribution in [0.15, 0.2) is 61.2 Å². The molecule has 0 N–H and O–H groups in total. The summed E-state index contributed by atoms with van der Waals surface area (Å²) in [7, 11) is 0. The highest BCUT2D eigenvalue weighted by molar-refractivity contribution is 5.89. The van der Waals surface area contributed by atoms with Gasteiger partial charge in [-0.3, -0.25) is 4.79 Å². The summed E-state index contributed by atoms with van der Waals surface area (Å²) in [6.07, 6.45) is -2.37. The molecule has 0 aliphatic carbocycles. The van der Waals surface area contributed by atoms with Gasteiger partial charge in [-0.2, -0.15) is 17.6 Å². The van der Waals surface area contributed by atoms with Crippen LogP contribution in [0.5, 0.6) is 0 Å². The van der Waals surface area contributed by atoms with E-state index in [4.69, 9.17) is 0 Å². The molecule has 3 aromatic carbocycles. The zero-order valence-electron chi connectivity index (χ0n) is 17.1. The number of rotatable bonds is 5. The molecule has 0 amide bonds. The van der Waals surface area contributed by atoms with Gasteiger partial charge >= 0.3 is 12.2 Å². The van der Waals surface area contributed by atoms with Crippen molar-refractivity contribution < 1.29 is 44.3 Å². The van der Waals surface area contributed by atoms with E-state index < -0.39 is 52.4 Å². The lowest BCUT2D eigenvalue weighted by Gasteiger charge is -2.10. The molecule has 10 heteroatoms. The van der Waals surface area contributed by atoms with Crippen molar-refractivity contribution in [2.75, 3.05) is 0 Å². The maximum Gasteiger partial charge on any atom is 0.419 e. The molecule has 180 valence electrons. The van der Waals surface area contributed by atoms with E-state index in [1.807, 2.05) is 0 Å². The molecule has 0 atom stereocenters. The Hall–Kier alpha value is -3.56. The number of hydrogen-bond donors (Lipinski definition) is 0. The molecule has 0 bridgehead atoms. The van der Waals surface area contributed by atoms with Gasteiger partial charge in [-0.05, 0) is 54.3 Å². The van der Waals surface area contributed by atoms with E-state index in [1.165, 1.54) is 6.07 Å². The van der Waals surface area contributed by atoms with Crippen LogP contribution < -0.4 is 0 Å². The number of carbonyl (C=O) groups excluding carboxylic acids is 1. The number of allylic oxidation sites excluding steroid dienone is 1. The molecular weight excluding hydrogens is 475 g/mol. The van der Waals surface area contributed by atoms with Crippen LogP contribution in [0.3, 0.4) is 0 Å². The molecule has 3 rings (SSSR count). The van der Waals surface area contributed by atoms with Crippen molar-refractivity contribution in [2.24, 2.45) is 0 Å². The molecule has 0 saturated carbocycles. The molecule has 0 aliphatic rings. The standard InChI is InChI=1S/C14H6F6O.C10H9F3/c15-11-6-8(13(17)21)1-3-9(11)7-2-4-10(12(16)5-7)14(18,19)20;1-2-3-4-7-5-6-8(11)10(13)9(7)12/h1-6H;2,5-6H,1,3-4H2. The predicted molar refractivity (Wildman–Crippen MR) is 107 cm³/mol. The van der Waals surface area contributed by atoms with Gasteiger partial charge in [0, 0.05) is 5.56 Å². The van der Waals surface area contributed by atoms with Crippen molar-refractivity contribution in [3.63, 3.8) is 0 Å². The first-order valence-electron chi connectivity index (χ1n) is 9.46. The summed E-state index contributed by atoms with van der Waals surface area (Å²) >= 11 is 0. The minimum Gasteiger partial charge on any atom is -0.255 e. The van der Waals surface area contributed by atoms with Crippen LogP contribution in [0.1, 0.15) is 27.9 Å². The van der Waals surface area contributed by atoms with Crippen molar-refractivity contribution >= 4 is 6.04 Å². The van der Waals surface area contributed by atoms with E-state index in [2.05, 4.69) is 6.58 Å². The van der Waals surface area contributed by atoms with Gasteiger partial charge in [0.15, 0.2) is 17.5 Å². The molecule has 0 aromatic heterocycles. The molecule has 0 radical (unpaired) electrons. The highest BCUT2D eigenvalue weighted by Crippen LogP contribution is 2.34. The second-order valence-electron chi connectivity index (χ2n) is 6.82. The highest BCUT2D eigenvalue weighted by atomic mass is 19.4. The summed E-state index contributed by atoms with van der Waals surface area (Å²) in [5, 5.41) is 0. The van der Waals surface area contributed by atoms with Crippen molar-refractivity contribution in [3.8, 4) is 11.1 Å². The second-order valence-corrected chi connectivity index (χ2v) is 6.82. The lowest BCUT2D eigenvalue weighted by molar-refractivity contribution is -0.139. The van der Waals surface area contributed by atoms with Gasteiger partial charge in [-0.1, -0.05) is 24.3 Å². The SMILES string of the molecule is C=CCCc1ccc(F)c(F)c1F.O=C(F)c1ccc(-c2ccc(C(F)(F)F)c(F)c2)c(F)c1. The third-order valence-electron chi connectivity index (χ3n) is 4.51. The van der Waals surface area contributed by atoms with Gasteiger partial charge in [0.25, 0.3) is 0 Å². The number of halogens is 9. The zero-order valence-corrected chi connectivity index (χ0v) is 17.1. The van der Waals surface area contributed by atoms with Gasteiger partial charge < -0.3 is 0 Å². The van der Waals surface area contributed by atoms with Crippen molar-refractivity contribution in [1.82, 2.24) is 0 Å². The van der Waals surface area contributed by atoms with Crippen molar-refractivity contribution in [2.45, 2.75) is 19.0 Å². The van der Waals surface area contributed by atoms with Gasteiger partial charge in [0.05, 0.1) is 11.1 Å². The minimum atomic E-state index is -4.86. The maximum atomic E-state index is 13.7. The number of alkyl halides is 3. The molecule has 0 unspecified atom stereocenters. The molecule has 0 spiro atoms. The summed E-state index contributed by atoms with van der Waals surface area (Å²) in [5.41, 5.74) is -2.23. The number of carbonyl (C=O) groups is 1. The molecule has 3 aromatic rings. The van der Waals surface area contributed by atoms with Gasteiger partial charge in [-0.15, -0.1) is 6.58 Å². The summed E-state index contributed by atoms with van der Waals surface area (Å²) in [6.45, 7) is 3.46. The lowest BCUT2D eigenvalue weighted by Crippen LogP contribution is -2.08. The third-order valence-corrected chi connectivity index (χ3v) is 4.51. The van der Waals surface area contributed by atoms with Gasteiger partial charge in [0.2, 0.25) is 0 Å². The Bertz CT molecular complexity index is 1200. The molecule has 0 fully saturated rings. The minimum absolute atomic E-state index is 0.157. The van der Waals surface area contributed by atoms with E-state index >= 15 is 0 Å². The van der Waals surface area contributed by atoms with Crippen LogP contribution in [0.2, 0.25) is 0 Å². The molecule has 0 aliphatic heterocycles. The Kier molecular flexibility index (Phi) is 8.67. The van der Waals surface area contributed by atoms with Gasteiger partial charge in [0.1, 0.15) is 11.6 Å². The third kappa shape index (κ3) is 6.49. The fraction of sp³-hybridized carbons (Fsp3) is 0.125. The molecule has 0 saturated heterocycles. The fourth-order valence-electron chi connectivity index (χ4n) is 2.80. The van der Waals surface area contributed by atoms with E-state index in [-0.39, 0.29) is 16.7 Å². The van der Waals surface area contributed by atoms with Crippen molar-refractivity contribution in [3.05, 3.63) is 107 Å². The smallest absolute Gasteiger partial charge is 0.255 e. The van der Waals surface area contributed by atoms with Crippen LogP contribution in [0, 0.1) is 29.1 Å². The molecule has 0 heterocycles.